The Labute approximate surface area is 128 Å². The summed E-state index contributed by atoms with van der Waals surface area (Å²) in [6.45, 7) is 7.11. The largest absolute Gasteiger partial charge is 0.444 e. The van der Waals surface area contributed by atoms with Crippen molar-refractivity contribution in [2.75, 3.05) is 13.1 Å². The first-order chi connectivity index (χ1) is 9.83. The number of amides is 1. The molecule has 5 nitrogen and oxygen atoms in total. The number of piperidine rings is 1. The van der Waals surface area contributed by atoms with Crippen LogP contribution < -0.4 is 5.73 Å². The van der Waals surface area contributed by atoms with Crippen LogP contribution in [0.5, 0.6) is 0 Å². The molecule has 5 heteroatoms. The van der Waals surface area contributed by atoms with Crippen LogP contribution in [0.4, 0.5) is 4.79 Å². The second kappa shape index (κ2) is 6.97. The van der Waals surface area contributed by atoms with E-state index < -0.39 is 5.60 Å². The summed E-state index contributed by atoms with van der Waals surface area (Å²) >= 11 is 0. The van der Waals surface area contributed by atoms with Gasteiger partial charge in [0.1, 0.15) is 5.60 Å². The zero-order chi connectivity index (χ0) is 15.5. The highest BCUT2D eigenvalue weighted by Gasteiger charge is 2.30. The van der Waals surface area contributed by atoms with Gasteiger partial charge in [-0.3, -0.25) is 0 Å². The van der Waals surface area contributed by atoms with Crippen LogP contribution in [0.25, 0.3) is 0 Å². The number of hydrogen-bond donors (Lipinski definition) is 1. The van der Waals surface area contributed by atoms with E-state index in [1.165, 1.54) is 0 Å². The van der Waals surface area contributed by atoms with Crippen molar-refractivity contribution in [2.24, 2.45) is 5.73 Å². The van der Waals surface area contributed by atoms with Gasteiger partial charge in [-0.25, -0.2) is 4.79 Å². The van der Waals surface area contributed by atoms with Crippen LogP contribution >= 0.6 is 0 Å². The molecule has 122 valence electrons. The molecule has 2 N–H and O–H groups in total. The van der Waals surface area contributed by atoms with Crippen molar-refractivity contribution in [1.29, 1.82) is 0 Å². The number of carbonyl (C=O) groups is 1. The van der Waals surface area contributed by atoms with Gasteiger partial charge < -0.3 is 20.1 Å². The molecule has 0 spiro atoms. The molecule has 1 heterocycles. The molecule has 2 fully saturated rings. The van der Waals surface area contributed by atoms with E-state index in [1.807, 2.05) is 20.8 Å². The molecular formula is C16H30N2O3. The molecule has 1 atom stereocenters. The number of ether oxygens (including phenoxy) is 2. The van der Waals surface area contributed by atoms with Crippen LogP contribution in [0, 0.1) is 0 Å². The van der Waals surface area contributed by atoms with E-state index in [4.69, 9.17) is 15.2 Å². The van der Waals surface area contributed by atoms with E-state index in [-0.39, 0.29) is 12.2 Å². The van der Waals surface area contributed by atoms with Crippen molar-refractivity contribution in [3.8, 4) is 0 Å². The average molecular weight is 298 g/mol. The second-order valence-corrected chi connectivity index (χ2v) is 7.36. The molecule has 21 heavy (non-hydrogen) atoms. The Morgan fingerprint density at radius 2 is 1.76 bits per heavy atom. The summed E-state index contributed by atoms with van der Waals surface area (Å²) in [5.41, 5.74) is 5.49. The topological polar surface area (TPSA) is 64.8 Å². The molecule has 2 aliphatic rings. The molecule has 0 aromatic carbocycles. The highest BCUT2D eigenvalue weighted by molar-refractivity contribution is 5.68. The molecule has 1 aliphatic heterocycles. The average Bonchev–Trinajstić information content (AvgIpc) is 2.40. The lowest BCUT2D eigenvalue weighted by Gasteiger charge is -2.36. The van der Waals surface area contributed by atoms with E-state index in [0.717, 1.165) is 45.1 Å². The van der Waals surface area contributed by atoms with Crippen LogP contribution in [0.3, 0.4) is 0 Å². The first-order valence-electron chi connectivity index (χ1n) is 8.22. The van der Waals surface area contributed by atoms with Gasteiger partial charge in [0.05, 0.1) is 18.8 Å². The van der Waals surface area contributed by atoms with Gasteiger partial charge >= 0.3 is 6.09 Å². The fourth-order valence-corrected chi connectivity index (χ4v) is 3.04. The molecule has 1 aliphatic carbocycles. The number of nitrogens with zero attached hydrogens (tertiary/aromatic N) is 1. The standard InChI is InChI=1S/C16H30N2O3/c1-16(2,3)21-15(19)18-10-4-5-14(11-18)20-13-8-6-12(17)7-9-13/h12-14H,4-11,17H2,1-3H3. The van der Waals surface area contributed by atoms with Crippen LogP contribution in [0.2, 0.25) is 0 Å². The number of carbonyl (C=O) groups excluding carboxylic acids is 1. The molecule has 0 aromatic rings. The fraction of sp³-hybridized carbons (Fsp3) is 0.938. The zero-order valence-corrected chi connectivity index (χ0v) is 13.6. The van der Waals surface area contributed by atoms with Crippen molar-refractivity contribution in [3.05, 3.63) is 0 Å². The summed E-state index contributed by atoms with van der Waals surface area (Å²) in [4.78, 5) is 13.9. The van der Waals surface area contributed by atoms with E-state index in [0.29, 0.717) is 18.7 Å². The molecule has 1 saturated carbocycles. The lowest BCUT2D eigenvalue weighted by Crippen LogP contribution is -2.46. The predicted molar refractivity (Wildman–Crippen MR) is 82.1 cm³/mol. The lowest BCUT2D eigenvalue weighted by molar-refractivity contribution is -0.0651. The van der Waals surface area contributed by atoms with Crippen molar-refractivity contribution < 1.29 is 14.3 Å². The summed E-state index contributed by atoms with van der Waals surface area (Å²) < 4.78 is 11.6. The number of likely N-dealkylation sites (tertiary alicyclic amines) is 1. The van der Waals surface area contributed by atoms with Gasteiger partial charge in [-0.15, -0.1) is 0 Å². The summed E-state index contributed by atoms with van der Waals surface area (Å²) in [6.07, 6.45) is 6.44. The van der Waals surface area contributed by atoms with E-state index in [9.17, 15) is 4.79 Å². The highest BCUT2D eigenvalue weighted by atomic mass is 16.6. The molecule has 1 unspecified atom stereocenters. The first kappa shape index (κ1) is 16.6. The van der Waals surface area contributed by atoms with E-state index >= 15 is 0 Å². The van der Waals surface area contributed by atoms with Gasteiger partial charge in [-0.05, 0) is 59.3 Å². The Morgan fingerprint density at radius 1 is 1.10 bits per heavy atom. The summed E-state index contributed by atoms with van der Waals surface area (Å²) in [7, 11) is 0. The number of rotatable bonds is 2. The van der Waals surface area contributed by atoms with Gasteiger partial charge in [-0.1, -0.05) is 0 Å². The van der Waals surface area contributed by atoms with Crippen molar-refractivity contribution >= 4 is 6.09 Å². The van der Waals surface area contributed by atoms with Crippen LogP contribution in [0.15, 0.2) is 0 Å². The minimum absolute atomic E-state index is 0.144. The quantitative estimate of drug-likeness (QED) is 0.851. The van der Waals surface area contributed by atoms with Crippen LogP contribution in [0.1, 0.15) is 59.3 Å². The molecule has 0 radical (unpaired) electrons. The smallest absolute Gasteiger partial charge is 0.410 e. The van der Waals surface area contributed by atoms with Gasteiger partial charge in [0.25, 0.3) is 0 Å². The third-order valence-corrected chi connectivity index (χ3v) is 4.13. The molecule has 1 saturated heterocycles. The second-order valence-electron chi connectivity index (χ2n) is 7.36. The predicted octanol–water partition coefficient (Wildman–Crippen LogP) is 2.67. The van der Waals surface area contributed by atoms with Gasteiger partial charge in [0.2, 0.25) is 0 Å². The maximum atomic E-state index is 12.1. The van der Waals surface area contributed by atoms with Crippen molar-refractivity contribution in [1.82, 2.24) is 4.90 Å². The Bertz CT molecular complexity index is 346. The van der Waals surface area contributed by atoms with E-state index in [1.54, 1.807) is 4.90 Å². The maximum absolute atomic E-state index is 12.1. The van der Waals surface area contributed by atoms with Gasteiger partial charge in [-0.2, -0.15) is 0 Å². The van der Waals surface area contributed by atoms with Gasteiger partial charge in [0, 0.05) is 12.6 Å². The molecule has 0 bridgehead atoms. The minimum atomic E-state index is -0.440. The monoisotopic (exact) mass is 298 g/mol. The molecule has 0 aromatic heterocycles. The molecule has 2 rings (SSSR count). The summed E-state index contributed by atoms with van der Waals surface area (Å²) in [6, 6.07) is 0.342. The summed E-state index contributed by atoms with van der Waals surface area (Å²) in [5, 5.41) is 0. The Kier molecular flexibility index (Phi) is 5.49. The van der Waals surface area contributed by atoms with E-state index in [2.05, 4.69) is 0 Å². The maximum Gasteiger partial charge on any atom is 0.410 e. The number of nitrogens with two attached hydrogens (primary N) is 1. The lowest BCUT2D eigenvalue weighted by atomic mass is 9.93. The van der Waals surface area contributed by atoms with Crippen molar-refractivity contribution in [3.63, 3.8) is 0 Å². The minimum Gasteiger partial charge on any atom is -0.444 e. The highest BCUT2D eigenvalue weighted by Crippen LogP contribution is 2.24. The first-order valence-corrected chi connectivity index (χ1v) is 8.22. The SMILES string of the molecule is CC(C)(C)OC(=O)N1CCCC(OC2CCC(N)CC2)C1. The third-order valence-electron chi connectivity index (χ3n) is 4.13. The van der Waals surface area contributed by atoms with Gasteiger partial charge in [0.15, 0.2) is 0 Å². The van der Waals surface area contributed by atoms with Crippen molar-refractivity contribution in [2.45, 2.75) is 83.1 Å². The van der Waals surface area contributed by atoms with Crippen LogP contribution in [-0.2, 0) is 9.47 Å². The molecular weight excluding hydrogens is 268 g/mol. The zero-order valence-electron chi connectivity index (χ0n) is 13.6. The summed E-state index contributed by atoms with van der Waals surface area (Å²) in [5.74, 6) is 0. The molecule has 1 amide bonds. The fourth-order valence-electron chi connectivity index (χ4n) is 3.04. The Hall–Kier alpha value is -0.810. The Balaban J connectivity index is 1.79. The number of hydrogen-bond acceptors (Lipinski definition) is 4. The van der Waals surface area contributed by atoms with Crippen LogP contribution in [-0.4, -0.2) is 47.9 Å². The Morgan fingerprint density at radius 3 is 2.38 bits per heavy atom. The normalized spacial score (nSPS) is 31.0. The third kappa shape index (κ3) is 5.47.